The monoisotopic (exact) mass is 355 g/mol. The first kappa shape index (κ1) is 16.4. The number of nitrogens with one attached hydrogen (secondary N) is 2. The third-order valence-electron chi connectivity index (χ3n) is 4.59. The lowest BCUT2D eigenvalue weighted by Crippen LogP contribution is -3.14. The van der Waals surface area contributed by atoms with E-state index in [1.807, 2.05) is 6.07 Å². The molecule has 25 heavy (non-hydrogen) atoms. The normalized spacial score (nSPS) is 15.5. The van der Waals surface area contributed by atoms with Crippen molar-refractivity contribution < 1.29 is 9.64 Å². The van der Waals surface area contributed by atoms with Gasteiger partial charge in [-0.25, -0.2) is 9.97 Å². The molecule has 0 bridgehead atoms. The highest BCUT2D eigenvalue weighted by atomic mass is 32.1. The van der Waals surface area contributed by atoms with E-state index in [9.17, 15) is 0 Å². The molecule has 0 unspecified atom stereocenters. The van der Waals surface area contributed by atoms with E-state index in [1.165, 1.54) is 17.0 Å². The minimum Gasteiger partial charge on any atom is -0.370 e. The molecule has 0 spiro atoms. The lowest BCUT2D eigenvalue weighted by Gasteiger charge is -2.23. The Hall–Kier alpha value is -2.02. The van der Waals surface area contributed by atoms with Crippen molar-refractivity contribution in [1.82, 2.24) is 9.97 Å². The number of fused-ring (bicyclic) bond motifs is 1. The highest BCUT2D eigenvalue weighted by Gasteiger charge is 2.13. The Labute approximate surface area is 151 Å². The summed E-state index contributed by atoms with van der Waals surface area (Å²) in [6, 6.07) is 12.6. The minimum absolute atomic E-state index is 0.895. The van der Waals surface area contributed by atoms with Gasteiger partial charge in [-0.2, -0.15) is 0 Å². The molecule has 6 heteroatoms. The van der Waals surface area contributed by atoms with Gasteiger partial charge >= 0.3 is 0 Å². The standard InChI is InChI=1S/C19H22N4OS/c1-2-5-15(6-3-1)17-13-16-18(21-14-22-19(16)25-17)20-7-4-8-23-9-11-24-12-10-23/h1-3,5-6,13-14H,4,7-12H2,(H,20,21,22)/p+1. The van der Waals surface area contributed by atoms with Gasteiger partial charge in [-0.1, -0.05) is 30.3 Å². The predicted molar refractivity (Wildman–Crippen MR) is 102 cm³/mol. The van der Waals surface area contributed by atoms with E-state index in [2.05, 4.69) is 45.6 Å². The van der Waals surface area contributed by atoms with Crippen LogP contribution in [0.5, 0.6) is 0 Å². The lowest BCUT2D eigenvalue weighted by atomic mass is 10.2. The van der Waals surface area contributed by atoms with Crippen LogP contribution in [-0.4, -0.2) is 49.4 Å². The van der Waals surface area contributed by atoms with Gasteiger partial charge in [0.25, 0.3) is 0 Å². The SMILES string of the molecule is c1ccc(-c2cc3c(NCCC[NH+]4CCOCC4)ncnc3s2)cc1. The highest BCUT2D eigenvalue weighted by molar-refractivity contribution is 7.21. The molecule has 1 fully saturated rings. The second kappa shape index (κ2) is 7.91. The molecule has 2 aromatic heterocycles. The molecule has 1 aliphatic rings. The van der Waals surface area contributed by atoms with Gasteiger partial charge in [0.15, 0.2) is 0 Å². The maximum atomic E-state index is 5.41. The van der Waals surface area contributed by atoms with Crippen LogP contribution < -0.4 is 10.2 Å². The number of nitrogens with zero attached hydrogens (tertiary/aromatic N) is 2. The minimum atomic E-state index is 0.895. The third kappa shape index (κ3) is 3.98. The molecular formula is C19H23N4OS+. The first-order chi connectivity index (χ1) is 12.4. The van der Waals surface area contributed by atoms with Crippen molar-refractivity contribution in [3.63, 3.8) is 0 Å². The van der Waals surface area contributed by atoms with Crippen molar-refractivity contribution in [1.29, 1.82) is 0 Å². The number of ether oxygens (including phenoxy) is 1. The second-order valence-electron chi connectivity index (χ2n) is 6.31. The molecular weight excluding hydrogens is 332 g/mol. The van der Waals surface area contributed by atoms with Crippen molar-refractivity contribution >= 4 is 27.4 Å². The Morgan fingerprint density at radius 1 is 1.12 bits per heavy atom. The van der Waals surface area contributed by atoms with Crippen LogP contribution in [0, 0.1) is 0 Å². The van der Waals surface area contributed by atoms with Gasteiger partial charge in [0.05, 0.1) is 25.1 Å². The molecule has 3 heterocycles. The third-order valence-corrected chi connectivity index (χ3v) is 5.68. The van der Waals surface area contributed by atoms with Gasteiger partial charge in [-0.05, 0) is 11.6 Å². The fraction of sp³-hybridized carbons (Fsp3) is 0.368. The largest absolute Gasteiger partial charge is 0.370 e. The van der Waals surface area contributed by atoms with Crippen LogP contribution in [0.1, 0.15) is 6.42 Å². The first-order valence-electron chi connectivity index (χ1n) is 8.85. The van der Waals surface area contributed by atoms with Crippen LogP contribution >= 0.6 is 11.3 Å². The van der Waals surface area contributed by atoms with Gasteiger partial charge < -0.3 is 15.0 Å². The van der Waals surface area contributed by atoms with E-state index in [0.717, 1.165) is 55.3 Å². The Morgan fingerprint density at radius 3 is 2.80 bits per heavy atom. The zero-order valence-corrected chi connectivity index (χ0v) is 15.0. The fourth-order valence-corrected chi connectivity index (χ4v) is 4.20. The van der Waals surface area contributed by atoms with E-state index in [0.29, 0.717) is 0 Å². The number of anilines is 1. The van der Waals surface area contributed by atoms with Crippen molar-refractivity contribution in [2.75, 3.05) is 44.7 Å². The van der Waals surface area contributed by atoms with Gasteiger partial charge in [0.2, 0.25) is 0 Å². The fourth-order valence-electron chi connectivity index (χ4n) is 3.20. The average Bonchev–Trinajstić information content (AvgIpc) is 3.12. The average molecular weight is 355 g/mol. The van der Waals surface area contributed by atoms with Crippen LogP contribution in [0.15, 0.2) is 42.7 Å². The van der Waals surface area contributed by atoms with Crippen molar-refractivity contribution in [3.05, 3.63) is 42.7 Å². The predicted octanol–water partition coefficient (Wildman–Crippen LogP) is 2.08. The van der Waals surface area contributed by atoms with Crippen LogP contribution in [0.2, 0.25) is 0 Å². The zero-order chi connectivity index (χ0) is 16.9. The molecule has 0 aliphatic carbocycles. The van der Waals surface area contributed by atoms with Crippen LogP contribution in [0.3, 0.4) is 0 Å². The van der Waals surface area contributed by atoms with Crippen LogP contribution in [-0.2, 0) is 4.74 Å². The van der Waals surface area contributed by atoms with Crippen molar-refractivity contribution in [2.45, 2.75) is 6.42 Å². The highest BCUT2D eigenvalue weighted by Crippen LogP contribution is 2.34. The maximum Gasteiger partial charge on any atom is 0.138 e. The topological polar surface area (TPSA) is 51.5 Å². The molecule has 1 saturated heterocycles. The Bertz CT molecular complexity index is 815. The molecule has 5 nitrogen and oxygen atoms in total. The Morgan fingerprint density at radius 2 is 1.96 bits per heavy atom. The summed E-state index contributed by atoms with van der Waals surface area (Å²) in [5.74, 6) is 0.945. The maximum absolute atomic E-state index is 5.41. The second-order valence-corrected chi connectivity index (χ2v) is 7.34. The summed E-state index contributed by atoms with van der Waals surface area (Å²) in [6.07, 6.45) is 2.79. The van der Waals surface area contributed by atoms with E-state index < -0.39 is 0 Å². The Balaban J connectivity index is 1.42. The van der Waals surface area contributed by atoms with E-state index in [1.54, 1.807) is 22.6 Å². The number of rotatable bonds is 6. The molecule has 0 saturated carbocycles. The number of quaternary nitrogens is 1. The van der Waals surface area contributed by atoms with Gasteiger partial charge in [0, 0.05) is 17.8 Å². The molecule has 0 amide bonds. The number of hydrogen-bond acceptors (Lipinski definition) is 5. The smallest absolute Gasteiger partial charge is 0.138 e. The van der Waals surface area contributed by atoms with Crippen LogP contribution in [0.4, 0.5) is 5.82 Å². The number of aromatic nitrogens is 2. The van der Waals surface area contributed by atoms with Gasteiger partial charge in [0.1, 0.15) is 30.1 Å². The number of hydrogen-bond donors (Lipinski definition) is 2. The molecule has 0 radical (unpaired) electrons. The summed E-state index contributed by atoms with van der Waals surface area (Å²) < 4.78 is 5.41. The summed E-state index contributed by atoms with van der Waals surface area (Å²) >= 11 is 1.72. The molecule has 1 aromatic carbocycles. The van der Waals surface area contributed by atoms with Crippen LogP contribution in [0.25, 0.3) is 20.7 Å². The molecule has 0 atom stereocenters. The van der Waals surface area contributed by atoms with E-state index in [-0.39, 0.29) is 0 Å². The lowest BCUT2D eigenvalue weighted by molar-refractivity contribution is -0.908. The first-order valence-corrected chi connectivity index (χ1v) is 9.67. The number of morpholine rings is 1. The van der Waals surface area contributed by atoms with E-state index in [4.69, 9.17) is 4.74 Å². The summed E-state index contributed by atoms with van der Waals surface area (Å²) in [6.45, 7) is 6.17. The quantitative estimate of drug-likeness (QED) is 0.665. The molecule has 3 aromatic rings. The van der Waals surface area contributed by atoms with Crippen molar-refractivity contribution in [2.24, 2.45) is 0 Å². The molecule has 4 rings (SSSR count). The molecule has 1 aliphatic heterocycles. The number of benzene rings is 1. The van der Waals surface area contributed by atoms with Gasteiger partial charge in [-0.15, -0.1) is 11.3 Å². The summed E-state index contributed by atoms with van der Waals surface area (Å²) in [4.78, 5) is 12.8. The molecule has 2 N–H and O–H groups in total. The van der Waals surface area contributed by atoms with Gasteiger partial charge in [-0.3, -0.25) is 0 Å². The van der Waals surface area contributed by atoms with E-state index >= 15 is 0 Å². The van der Waals surface area contributed by atoms with Crippen molar-refractivity contribution in [3.8, 4) is 10.4 Å². The number of thiophene rings is 1. The summed E-state index contributed by atoms with van der Waals surface area (Å²) in [5.41, 5.74) is 1.23. The zero-order valence-electron chi connectivity index (χ0n) is 14.2. The summed E-state index contributed by atoms with van der Waals surface area (Å²) in [7, 11) is 0. The summed E-state index contributed by atoms with van der Waals surface area (Å²) in [5, 5.41) is 4.62. The molecule has 130 valence electrons. The Kier molecular flexibility index (Phi) is 5.20.